The fourth-order valence-corrected chi connectivity index (χ4v) is 2.20. The average Bonchev–Trinajstić information content (AvgIpc) is 2.34. The maximum absolute atomic E-state index is 13.6. The number of nitrogens with one attached hydrogen (secondary N) is 1. The Morgan fingerprint density at radius 2 is 2.33 bits per heavy atom. The van der Waals surface area contributed by atoms with E-state index in [9.17, 15) is 9.18 Å². The second-order valence-electron chi connectivity index (χ2n) is 4.95. The van der Waals surface area contributed by atoms with Gasteiger partial charge in [-0.05, 0) is 26.7 Å². The lowest BCUT2D eigenvalue weighted by atomic mass is 10.1. The second-order valence-corrected chi connectivity index (χ2v) is 4.95. The first-order valence-corrected chi connectivity index (χ1v) is 6.34. The molecule has 0 aliphatic carbocycles. The molecule has 100 valence electrons. The zero-order chi connectivity index (χ0) is 13.1. The van der Waals surface area contributed by atoms with E-state index in [-0.39, 0.29) is 17.6 Å². The van der Waals surface area contributed by atoms with Crippen LogP contribution in [0, 0.1) is 5.82 Å². The molecule has 0 aromatic carbocycles. The molecule has 0 unspecified atom stereocenters. The van der Waals surface area contributed by atoms with Crippen molar-refractivity contribution in [3.63, 3.8) is 0 Å². The first-order chi connectivity index (χ1) is 8.58. The SMILES string of the molecule is CC(C)Nc1cc(F)cn([C@@H]2CCCOC2)c1=O. The Bertz CT molecular complexity index is 465. The van der Waals surface area contributed by atoms with Crippen molar-refractivity contribution in [1.29, 1.82) is 0 Å². The number of pyridine rings is 1. The molecule has 1 N–H and O–H groups in total. The maximum atomic E-state index is 13.6. The van der Waals surface area contributed by atoms with Crippen LogP contribution in [0.5, 0.6) is 0 Å². The number of hydrogen-bond acceptors (Lipinski definition) is 3. The number of halogens is 1. The van der Waals surface area contributed by atoms with Crippen LogP contribution in [0.4, 0.5) is 10.1 Å². The van der Waals surface area contributed by atoms with Crippen molar-refractivity contribution in [3.05, 3.63) is 28.4 Å². The van der Waals surface area contributed by atoms with E-state index >= 15 is 0 Å². The molecule has 4 nitrogen and oxygen atoms in total. The molecule has 1 saturated heterocycles. The van der Waals surface area contributed by atoms with Crippen LogP contribution in [0.3, 0.4) is 0 Å². The lowest BCUT2D eigenvalue weighted by Crippen LogP contribution is -2.32. The van der Waals surface area contributed by atoms with Gasteiger partial charge in [-0.25, -0.2) is 4.39 Å². The number of aromatic nitrogens is 1. The molecular formula is C13H19FN2O2. The second kappa shape index (κ2) is 5.52. The highest BCUT2D eigenvalue weighted by atomic mass is 19.1. The number of ether oxygens (including phenoxy) is 1. The van der Waals surface area contributed by atoms with Crippen LogP contribution in [0.25, 0.3) is 0 Å². The van der Waals surface area contributed by atoms with E-state index in [1.807, 2.05) is 13.8 Å². The molecule has 2 heterocycles. The Kier molecular flexibility index (Phi) is 4.01. The summed E-state index contributed by atoms with van der Waals surface area (Å²) in [7, 11) is 0. The molecule has 1 aromatic heterocycles. The topological polar surface area (TPSA) is 43.3 Å². The van der Waals surface area contributed by atoms with E-state index in [1.165, 1.54) is 16.8 Å². The fourth-order valence-electron chi connectivity index (χ4n) is 2.20. The van der Waals surface area contributed by atoms with Crippen LogP contribution < -0.4 is 10.9 Å². The van der Waals surface area contributed by atoms with Gasteiger partial charge in [-0.3, -0.25) is 4.79 Å². The van der Waals surface area contributed by atoms with Crippen molar-refractivity contribution in [2.24, 2.45) is 0 Å². The zero-order valence-electron chi connectivity index (χ0n) is 10.8. The lowest BCUT2D eigenvalue weighted by Gasteiger charge is -2.25. The van der Waals surface area contributed by atoms with Gasteiger partial charge in [0, 0.05) is 24.9 Å². The minimum Gasteiger partial charge on any atom is -0.379 e. The Morgan fingerprint density at radius 3 is 2.94 bits per heavy atom. The smallest absolute Gasteiger partial charge is 0.274 e. The monoisotopic (exact) mass is 254 g/mol. The van der Waals surface area contributed by atoms with Crippen LogP contribution in [0.2, 0.25) is 0 Å². The van der Waals surface area contributed by atoms with Gasteiger partial charge in [-0.1, -0.05) is 0 Å². The molecule has 0 saturated carbocycles. The fraction of sp³-hybridized carbons (Fsp3) is 0.615. The van der Waals surface area contributed by atoms with Gasteiger partial charge in [0.15, 0.2) is 0 Å². The summed E-state index contributed by atoms with van der Waals surface area (Å²) in [6.07, 6.45) is 3.03. The molecule has 1 fully saturated rings. The number of anilines is 1. The molecule has 1 aliphatic rings. The molecule has 5 heteroatoms. The van der Waals surface area contributed by atoms with Crippen molar-refractivity contribution in [3.8, 4) is 0 Å². The molecule has 0 amide bonds. The van der Waals surface area contributed by atoms with Gasteiger partial charge in [-0.15, -0.1) is 0 Å². The molecule has 2 rings (SSSR count). The highest BCUT2D eigenvalue weighted by molar-refractivity contribution is 5.41. The molecule has 1 aromatic rings. The average molecular weight is 254 g/mol. The van der Waals surface area contributed by atoms with E-state index in [0.717, 1.165) is 19.4 Å². The van der Waals surface area contributed by atoms with E-state index in [2.05, 4.69) is 5.32 Å². The van der Waals surface area contributed by atoms with Crippen molar-refractivity contribution in [1.82, 2.24) is 4.57 Å². The maximum Gasteiger partial charge on any atom is 0.274 e. The predicted molar refractivity (Wildman–Crippen MR) is 68.5 cm³/mol. The zero-order valence-corrected chi connectivity index (χ0v) is 10.8. The van der Waals surface area contributed by atoms with Crippen LogP contribution in [-0.4, -0.2) is 23.8 Å². The van der Waals surface area contributed by atoms with Crippen molar-refractivity contribution in [2.75, 3.05) is 18.5 Å². The Hall–Kier alpha value is -1.36. The van der Waals surface area contributed by atoms with Gasteiger partial charge in [-0.2, -0.15) is 0 Å². The molecule has 1 atom stereocenters. The van der Waals surface area contributed by atoms with Crippen molar-refractivity contribution >= 4 is 5.69 Å². The third-order valence-corrected chi connectivity index (χ3v) is 2.98. The van der Waals surface area contributed by atoms with Crippen LogP contribution >= 0.6 is 0 Å². The first kappa shape index (κ1) is 13.1. The minimum atomic E-state index is -0.400. The Morgan fingerprint density at radius 1 is 1.56 bits per heavy atom. The van der Waals surface area contributed by atoms with Crippen LogP contribution in [0.1, 0.15) is 32.7 Å². The highest BCUT2D eigenvalue weighted by Crippen LogP contribution is 2.19. The normalized spacial score (nSPS) is 20.1. The summed E-state index contributed by atoms with van der Waals surface area (Å²) in [4.78, 5) is 12.2. The van der Waals surface area contributed by atoms with Crippen LogP contribution in [-0.2, 0) is 4.74 Å². The van der Waals surface area contributed by atoms with Crippen LogP contribution in [0.15, 0.2) is 17.1 Å². The van der Waals surface area contributed by atoms with Gasteiger partial charge < -0.3 is 14.6 Å². The standard InChI is InChI=1S/C13H19FN2O2/c1-9(2)15-12-6-10(14)7-16(13(12)17)11-4-3-5-18-8-11/h6-7,9,11,15H,3-5,8H2,1-2H3/t11-/m1/s1. The summed E-state index contributed by atoms with van der Waals surface area (Å²) < 4.78 is 20.4. The molecule has 0 spiro atoms. The third-order valence-electron chi connectivity index (χ3n) is 2.98. The van der Waals surface area contributed by atoms with E-state index < -0.39 is 5.82 Å². The quantitative estimate of drug-likeness (QED) is 0.899. The number of rotatable bonds is 3. The summed E-state index contributed by atoms with van der Waals surface area (Å²) in [5.41, 5.74) is 0.135. The first-order valence-electron chi connectivity index (χ1n) is 6.34. The summed E-state index contributed by atoms with van der Waals surface area (Å²) >= 11 is 0. The molecule has 1 aliphatic heterocycles. The minimum absolute atomic E-state index is 0.0605. The van der Waals surface area contributed by atoms with Gasteiger partial charge in [0.2, 0.25) is 0 Å². The van der Waals surface area contributed by atoms with Crippen molar-refractivity contribution < 1.29 is 9.13 Å². The van der Waals surface area contributed by atoms with Gasteiger partial charge in [0.05, 0.1) is 12.6 Å². The Balaban J connectivity index is 2.34. The largest absolute Gasteiger partial charge is 0.379 e. The molecule has 0 bridgehead atoms. The number of nitrogens with zero attached hydrogens (tertiary/aromatic N) is 1. The summed E-state index contributed by atoms with van der Waals surface area (Å²) in [6.45, 7) is 5.03. The van der Waals surface area contributed by atoms with E-state index in [4.69, 9.17) is 4.74 Å². The van der Waals surface area contributed by atoms with Crippen molar-refractivity contribution in [2.45, 2.75) is 38.8 Å². The molecular weight excluding hydrogens is 235 g/mol. The lowest BCUT2D eigenvalue weighted by molar-refractivity contribution is 0.0577. The van der Waals surface area contributed by atoms with E-state index in [1.54, 1.807) is 0 Å². The van der Waals surface area contributed by atoms with Gasteiger partial charge in [0.1, 0.15) is 11.5 Å². The Labute approximate surface area is 106 Å². The summed E-state index contributed by atoms with van der Waals surface area (Å²) in [5, 5.41) is 2.98. The molecule has 18 heavy (non-hydrogen) atoms. The summed E-state index contributed by atoms with van der Waals surface area (Å²) in [6, 6.07) is 1.29. The third kappa shape index (κ3) is 2.90. The van der Waals surface area contributed by atoms with Gasteiger partial charge in [0.25, 0.3) is 5.56 Å². The number of hydrogen-bond donors (Lipinski definition) is 1. The highest BCUT2D eigenvalue weighted by Gasteiger charge is 2.19. The summed E-state index contributed by atoms with van der Waals surface area (Å²) in [5.74, 6) is -0.400. The van der Waals surface area contributed by atoms with E-state index in [0.29, 0.717) is 12.3 Å². The van der Waals surface area contributed by atoms with Gasteiger partial charge >= 0.3 is 0 Å². The molecule has 0 radical (unpaired) electrons. The predicted octanol–water partition coefficient (Wildman–Crippen LogP) is 2.16.